The number of benzene rings is 1. The monoisotopic (exact) mass is 498 g/mol. The van der Waals surface area contributed by atoms with Crippen molar-refractivity contribution in [3.63, 3.8) is 0 Å². The summed E-state index contributed by atoms with van der Waals surface area (Å²) in [5.74, 6) is -1.73. The van der Waals surface area contributed by atoms with Crippen LogP contribution in [0, 0.1) is 22.7 Å². The van der Waals surface area contributed by atoms with Gasteiger partial charge in [0.1, 0.15) is 6.04 Å². The molecule has 1 unspecified atom stereocenters. The molecular formula is C28H42N4O4. The number of nitrogens with one attached hydrogen (secondary N) is 2. The van der Waals surface area contributed by atoms with Gasteiger partial charge in [-0.2, -0.15) is 5.26 Å². The van der Waals surface area contributed by atoms with Crippen LogP contribution in [-0.4, -0.2) is 60.0 Å². The lowest BCUT2D eigenvalue weighted by Gasteiger charge is -2.40. The molecule has 0 spiro atoms. The number of nitrogens with zero attached hydrogens (tertiary/aromatic N) is 2. The lowest BCUT2D eigenvalue weighted by Crippen LogP contribution is -2.61. The second-order valence-electron chi connectivity index (χ2n) is 11.3. The standard InChI is InChI=1S/C28H42N4O4/c1-17(2)21(14-18(3)26(35)36)32(10)25(34)23(27(4,5)6)31-24(33)22(30-9)28(7,8)20-13-11-12-19(15-20)16-29/h11-15,17,21-23,30H,1-10H3,(H,31,33)(H,35,36)/b18-14+/t21?,22-,23-/m1/s1. The minimum atomic E-state index is -1.04. The molecule has 1 aromatic carbocycles. The van der Waals surface area contributed by atoms with Crippen molar-refractivity contribution in [2.24, 2.45) is 11.3 Å². The van der Waals surface area contributed by atoms with Crippen molar-refractivity contribution in [3.8, 4) is 6.07 Å². The topological polar surface area (TPSA) is 123 Å². The molecule has 0 saturated heterocycles. The summed E-state index contributed by atoms with van der Waals surface area (Å²) in [7, 11) is 3.32. The van der Waals surface area contributed by atoms with Gasteiger partial charge in [-0.05, 0) is 43.0 Å². The van der Waals surface area contributed by atoms with Gasteiger partial charge in [-0.15, -0.1) is 0 Å². The number of hydrogen-bond acceptors (Lipinski definition) is 5. The largest absolute Gasteiger partial charge is 0.478 e. The summed E-state index contributed by atoms with van der Waals surface area (Å²) in [5, 5.41) is 24.7. The van der Waals surface area contributed by atoms with E-state index in [4.69, 9.17) is 0 Å². The summed E-state index contributed by atoms with van der Waals surface area (Å²) < 4.78 is 0. The van der Waals surface area contributed by atoms with Crippen LogP contribution < -0.4 is 10.6 Å². The Morgan fingerprint density at radius 2 is 1.69 bits per heavy atom. The van der Waals surface area contributed by atoms with Crippen molar-refractivity contribution in [2.75, 3.05) is 14.1 Å². The fourth-order valence-corrected chi connectivity index (χ4v) is 4.28. The highest BCUT2D eigenvalue weighted by atomic mass is 16.4. The summed E-state index contributed by atoms with van der Waals surface area (Å²) in [6.07, 6.45) is 1.58. The number of nitriles is 1. The molecular weight excluding hydrogens is 456 g/mol. The van der Waals surface area contributed by atoms with Gasteiger partial charge in [0.25, 0.3) is 0 Å². The average Bonchev–Trinajstić information content (AvgIpc) is 2.79. The molecule has 3 atom stereocenters. The second kappa shape index (κ2) is 12.2. The Morgan fingerprint density at radius 1 is 1.11 bits per heavy atom. The number of carbonyl (C=O) groups excluding carboxylic acids is 2. The van der Waals surface area contributed by atoms with E-state index in [0.29, 0.717) is 5.56 Å². The van der Waals surface area contributed by atoms with E-state index in [-0.39, 0.29) is 23.3 Å². The van der Waals surface area contributed by atoms with Gasteiger partial charge in [-0.25, -0.2) is 4.79 Å². The van der Waals surface area contributed by atoms with Crippen molar-refractivity contribution in [3.05, 3.63) is 47.0 Å². The van der Waals surface area contributed by atoms with Gasteiger partial charge in [0, 0.05) is 18.0 Å². The van der Waals surface area contributed by atoms with Gasteiger partial charge in [-0.1, -0.05) is 66.7 Å². The van der Waals surface area contributed by atoms with Gasteiger partial charge in [0.15, 0.2) is 0 Å². The highest BCUT2D eigenvalue weighted by Gasteiger charge is 2.41. The van der Waals surface area contributed by atoms with E-state index in [1.807, 2.05) is 54.5 Å². The van der Waals surface area contributed by atoms with Crippen molar-refractivity contribution < 1.29 is 19.5 Å². The smallest absolute Gasteiger partial charge is 0.331 e. The number of hydrogen-bond donors (Lipinski definition) is 3. The number of carbonyl (C=O) groups is 3. The van der Waals surface area contributed by atoms with E-state index in [1.54, 1.807) is 38.4 Å². The maximum absolute atomic E-state index is 13.7. The molecule has 0 saturated carbocycles. The minimum absolute atomic E-state index is 0.0408. The van der Waals surface area contributed by atoms with Crippen LogP contribution in [0.3, 0.4) is 0 Å². The first-order valence-electron chi connectivity index (χ1n) is 12.2. The molecule has 0 aliphatic heterocycles. The number of carboxylic acids is 1. The highest BCUT2D eigenvalue weighted by Crippen LogP contribution is 2.29. The zero-order valence-corrected chi connectivity index (χ0v) is 23.3. The molecule has 0 heterocycles. The molecule has 36 heavy (non-hydrogen) atoms. The highest BCUT2D eigenvalue weighted by molar-refractivity contribution is 5.91. The van der Waals surface area contributed by atoms with Crippen LogP contribution >= 0.6 is 0 Å². The fraction of sp³-hybridized carbons (Fsp3) is 0.571. The number of carboxylic acid groups (broad SMARTS) is 1. The first-order valence-corrected chi connectivity index (χ1v) is 12.2. The molecule has 0 aliphatic carbocycles. The Hall–Kier alpha value is -3.18. The molecule has 198 valence electrons. The van der Waals surface area contributed by atoms with E-state index in [2.05, 4.69) is 16.7 Å². The van der Waals surface area contributed by atoms with Gasteiger partial charge in [-0.3, -0.25) is 9.59 Å². The summed E-state index contributed by atoms with van der Waals surface area (Å²) in [5.41, 5.74) is 0.175. The van der Waals surface area contributed by atoms with Crippen LogP contribution in [0.2, 0.25) is 0 Å². The van der Waals surface area contributed by atoms with E-state index in [0.717, 1.165) is 5.56 Å². The Bertz CT molecular complexity index is 1030. The average molecular weight is 499 g/mol. The molecule has 0 bridgehead atoms. The van der Waals surface area contributed by atoms with E-state index < -0.39 is 34.9 Å². The number of amides is 2. The maximum atomic E-state index is 13.7. The number of aliphatic carboxylic acids is 1. The summed E-state index contributed by atoms with van der Waals surface area (Å²) >= 11 is 0. The zero-order chi connectivity index (χ0) is 28.0. The Balaban J connectivity index is 3.35. The van der Waals surface area contributed by atoms with Gasteiger partial charge < -0.3 is 20.6 Å². The molecule has 2 amide bonds. The normalized spacial score (nSPS) is 15.0. The number of likely N-dealkylation sites (N-methyl/N-ethyl adjacent to an activating group) is 2. The van der Waals surface area contributed by atoms with Crippen molar-refractivity contribution in [1.82, 2.24) is 15.5 Å². The molecule has 0 fully saturated rings. The summed E-state index contributed by atoms with van der Waals surface area (Å²) in [6.45, 7) is 14.8. The van der Waals surface area contributed by atoms with Gasteiger partial charge in [0.2, 0.25) is 11.8 Å². The first-order chi connectivity index (χ1) is 16.5. The van der Waals surface area contributed by atoms with E-state index in [9.17, 15) is 24.8 Å². The Labute approximate surface area is 215 Å². The van der Waals surface area contributed by atoms with Crippen LogP contribution in [0.4, 0.5) is 0 Å². The number of rotatable bonds is 10. The molecule has 1 aromatic rings. The predicted molar refractivity (Wildman–Crippen MR) is 141 cm³/mol. The fourth-order valence-electron chi connectivity index (χ4n) is 4.28. The van der Waals surface area contributed by atoms with Crippen LogP contribution in [0.5, 0.6) is 0 Å². The third kappa shape index (κ3) is 7.41. The molecule has 8 nitrogen and oxygen atoms in total. The Morgan fingerprint density at radius 3 is 2.14 bits per heavy atom. The zero-order valence-electron chi connectivity index (χ0n) is 23.3. The SMILES string of the molecule is CN[C@H](C(=O)N[C@H](C(=O)N(C)C(/C=C(\C)C(=O)O)C(C)C)C(C)(C)C)C(C)(C)c1cccc(C#N)c1. The molecule has 0 aromatic heterocycles. The molecule has 1 rings (SSSR count). The second-order valence-corrected chi connectivity index (χ2v) is 11.3. The van der Waals surface area contributed by atoms with Crippen LogP contribution in [-0.2, 0) is 19.8 Å². The van der Waals surface area contributed by atoms with Crippen LogP contribution in [0.1, 0.15) is 66.5 Å². The quantitative estimate of drug-likeness (QED) is 0.425. The molecule has 8 heteroatoms. The summed E-state index contributed by atoms with van der Waals surface area (Å²) in [6, 6.07) is 7.27. The van der Waals surface area contributed by atoms with E-state index >= 15 is 0 Å². The van der Waals surface area contributed by atoms with Crippen molar-refractivity contribution in [1.29, 1.82) is 5.26 Å². The predicted octanol–water partition coefficient (Wildman–Crippen LogP) is 3.47. The third-order valence-electron chi connectivity index (χ3n) is 6.64. The van der Waals surface area contributed by atoms with Crippen LogP contribution in [0.25, 0.3) is 0 Å². The molecule has 0 radical (unpaired) electrons. The van der Waals surface area contributed by atoms with Crippen LogP contribution in [0.15, 0.2) is 35.9 Å². The van der Waals surface area contributed by atoms with Gasteiger partial charge in [0.05, 0.1) is 23.7 Å². The third-order valence-corrected chi connectivity index (χ3v) is 6.64. The van der Waals surface area contributed by atoms with Gasteiger partial charge >= 0.3 is 5.97 Å². The molecule has 0 aliphatic rings. The first kappa shape index (κ1) is 30.9. The van der Waals surface area contributed by atoms with Crippen molar-refractivity contribution >= 4 is 17.8 Å². The molecule has 3 N–H and O–H groups in total. The minimum Gasteiger partial charge on any atom is -0.478 e. The van der Waals surface area contributed by atoms with E-state index in [1.165, 1.54) is 11.8 Å². The maximum Gasteiger partial charge on any atom is 0.331 e. The van der Waals surface area contributed by atoms with Crippen molar-refractivity contribution in [2.45, 2.75) is 78.9 Å². The summed E-state index contributed by atoms with van der Waals surface area (Å²) in [4.78, 5) is 40.2. The Kier molecular flexibility index (Phi) is 10.4. The lowest BCUT2D eigenvalue weighted by molar-refractivity contribution is -0.141. The lowest BCUT2D eigenvalue weighted by atomic mass is 9.76.